The minimum Gasteiger partial charge on any atom is -0.255 e. The molecule has 0 amide bonds. The zero-order chi connectivity index (χ0) is 7.28. The lowest BCUT2D eigenvalue weighted by Crippen LogP contribution is -2.38. The molecule has 1 rings (SSSR count). The summed E-state index contributed by atoms with van der Waals surface area (Å²) in [6.07, 6.45) is 1.20. The zero-order valence-corrected chi connectivity index (χ0v) is 6.59. The summed E-state index contributed by atoms with van der Waals surface area (Å²) in [5.74, 6) is 5.44. The molecule has 2 N–H and O–H groups in total. The molecule has 0 aromatic heterocycles. The van der Waals surface area contributed by atoms with Gasteiger partial charge in [-0.2, -0.15) is 5.12 Å². The molecule has 0 aromatic carbocycles. The zero-order valence-electron chi connectivity index (χ0n) is 6.59. The minimum absolute atomic E-state index is 1.01. The molecule has 9 heavy (non-hydrogen) atoms. The van der Waals surface area contributed by atoms with E-state index in [9.17, 15) is 0 Å². The van der Waals surface area contributed by atoms with Gasteiger partial charge in [-0.3, -0.25) is 5.84 Å². The first-order valence-corrected chi connectivity index (χ1v) is 3.54. The summed E-state index contributed by atoms with van der Waals surface area (Å²) < 4.78 is 0. The van der Waals surface area contributed by atoms with Gasteiger partial charge in [0.1, 0.15) is 0 Å². The minimum atomic E-state index is 1.01. The first-order valence-electron chi connectivity index (χ1n) is 3.54. The number of rotatable bonds is 0. The van der Waals surface area contributed by atoms with Gasteiger partial charge in [0.2, 0.25) is 0 Å². The molecule has 1 aliphatic heterocycles. The third kappa shape index (κ3) is 2.79. The molecule has 0 saturated carbocycles. The molecule has 3 heteroatoms. The van der Waals surface area contributed by atoms with Crippen molar-refractivity contribution in [3.05, 3.63) is 0 Å². The Morgan fingerprint density at radius 2 is 1.78 bits per heavy atom. The number of hydrogen-bond acceptors (Lipinski definition) is 3. The van der Waals surface area contributed by atoms with E-state index in [-0.39, 0.29) is 0 Å². The maximum Gasteiger partial charge on any atom is 0.0300 e. The van der Waals surface area contributed by atoms with Crippen LogP contribution in [0.5, 0.6) is 0 Å². The molecule has 0 spiro atoms. The molecule has 3 nitrogen and oxygen atoms in total. The van der Waals surface area contributed by atoms with Crippen LogP contribution in [0.1, 0.15) is 20.3 Å². The molecule has 1 heterocycles. The lowest BCUT2D eigenvalue weighted by atomic mass is 10.5. The lowest BCUT2D eigenvalue weighted by molar-refractivity contribution is 0.0564. The van der Waals surface area contributed by atoms with E-state index < -0.39 is 0 Å². The third-order valence-electron chi connectivity index (χ3n) is 1.31. The first-order chi connectivity index (χ1) is 4.30. The Hall–Kier alpha value is -0.120. The molecule has 56 valence electrons. The van der Waals surface area contributed by atoms with Crippen LogP contribution >= 0.6 is 0 Å². The second kappa shape index (κ2) is 4.73. The van der Waals surface area contributed by atoms with Gasteiger partial charge in [-0.1, -0.05) is 13.8 Å². The number of nitrogens with zero attached hydrogens (tertiary/aromatic N) is 2. The van der Waals surface area contributed by atoms with Gasteiger partial charge in [0.25, 0.3) is 0 Å². The largest absolute Gasteiger partial charge is 0.255 e. The van der Waals surface area contributed by atoms with E-state index >= 15 is 0 Å². The maximum atomic E-state index is 5.44. The third-order valence-corrected chi connectivity index (χ3v) is 1.31. The van der Waals surface area contributed by atoms with Crippen molar-refractivity contribution in [1.29, 1.82) is 0 Å². The van der Waals surface area contributed by atoms with Crippen LogP contribution in [-0.4, -0.2) is 30.3 Å². The van der Waals surface area contributed by atoms with Gasteiger partial charge in [-0.25, -0.2) is 5.01 Å². The average Bonchev–Trinajstić information content (AvgIpc) is 2.23. The van der Waals surface area contributed by atoms with Crippen molar-refractivity contribution >= 4 is 0 Å². The molecule has 1 aliphatic rings. The van der Waals surface area contributed by atoms with E-state index in [2.05, 4.69) is 0 Å². The normalized spacial score (nSPS) is 21.3. The average molecular weight is 131 g/mol. The summed E-state index contributed by atoms with van der Waals surface area (Å²) in [5, 5.41) is 3.75. The van der Waals surface area contributed by atoms with Crippen molar-refractivity contribution in [3.63, 3.8) is 0 Å². The number of hydrogen-bond donors (Lipinski definition) is 1. The first kappa shape index (κ1) is 8.88. The Kier molecular flexibility index (Phi) is 4.67. The molecule has 0 aliphatic carbocycles. The van der Waals surface area contributed by atoms with Gasteiger partial charge in [0.15, 0.2) is 0 Å². The van der Waals surface area contributed by atoms with Crippen molar-refractivity contribution in [2.75, 3.05) is 20.1 Å². The van der Waals surface area contributed by atoms with Crippen LogP contribution in [0.2, 0.25) is 0 Å². The van der Waals surface area contributed by atoms with Crippen LogP contribution < -0.4 is 5.84 Å². The van der Waals surface area contributed by atoms with Crippen molar-refractivity contribution in [3.8, 4) is 0 Å². The van der Waals surface area contributed by atoms with E-state index in [1.165, 1.54) is 6.42 Å². The van der Waals surface area contributed by atoms with Gasteiger partial charge in [-0.05, 0) is 6.42 Å². The Labute approximate surface area is 57.4 Å². The molecular formula is C6H17N3. The molecule has 0 radical (unpaired) electrons. The Morgan fingerprint density at radius 1 is 1.22 bits per heavy atom. The topological polar surface area (TPSA) is 32.5 Å². The maximum absolute atomic E-state index is 5.44. The molecule has 0 atom stereocenters. The molecule has 1 fully saturated rings. The van der Waals surface area contributed by atoms with E-state index in [0.29, 0.717) is 0 Å². The second-order valence-corrected chi connectivity index (χ2v) is 1.90. The van der Waals surface area contributed by atoms with Crippen LogP contribution in [0, 0.1) is 0 Å². The lowest BCUT2D eigenvalue weighted by Gasteiger charge is -2.16. The van der Waals surface area contributed by atoms with Gasteiger partial charge >= 0.3 is 0 Å². The molecular weight excluding hydrogens is 114 g/mol. The molecule has 0 aromatic rings. The highest BCUT2D eigenvalue weighted by atomic mass is 15.8. The number of hydrazine groups is 2. The molecule has 1 saturated heterocycles. The van der Waals surface area contributed by atoms with Crippen LogP contribution in [0.15, 0.2) is 0 Å². The second-order valence-electron chi connectivity index (χ2n) is 1.90. The van der Waals surface area contributed by atoms with Gasteiger partial charge < -0.3 is 0 Å². The van der Waals surface area contributed by atoms with Crippen LogP contribution in [0.4, 0.5) is 0 Å². The smallest absolute Gasteiger partial charge is 0.0300 e. The van der Waals surface area contributed by atoms with E-state index in [0.717, 1.165) is 13.1 Å². The standard InChI is InChI=1S/C4H11N3.C2H6/c1-6-3-2-4-7(6)5;1-2/h2-5H2,1H3;1-2H3. The fourth-order valence-electron chi connectivity index (χ4n) is 0.761. The van der Waals surface area contributed by atoms with Crippen molar-refractivity contribution in [2.24, 2.45) is 5.84 Å². The van der Waals surface area contributed by atoms with Gasteiger partial charge in [-0.15, -0.1) is 0 Å². The number of nitrogens with two attached hydrogens (primary N) is 1. The van der Waals surface area contributed by atoms with Gasteiger partial charge in [0.05, 0.1) is 0 Å². The van der Waals surface area contributed by atoms with Crippen LogP contribution in [0.3, 0.4) is 0 Å². The predicted molar refractivity (Wildman–Crippen MR) is 39.5 cm³/mol. The van der Waals surface area contributed by atoms with Gasteiger partial charge in [0, 0.05) is 20.1 Å². The monoisotopic (exact) mass is 131 g/mol. The van der Waals surface area contributed by atoms with Crippen molar-refractivity contribution in [1.82, 2.24) is 10.1 Å². The summed E-state index contributed by atoms with van der Waals surface area (Å²) in [6.45, 7) is 6.12. The summed E-state index contributed by atoms with van der Waals surface area (Å²) in [4.78, 5) is 0. The fourth-order valence-corrected chi connectivity index (χ4v) is 0.761. The van der Waals surface area contributed by atoms with Crippen LogP contribution in [-0.2, 0) is 0 Å². The van der Waals surface area contributed by atoms with Crippen molar-refractivity contribution in [2.45, 2.75) is 20.3 Å². The highest BCUT2D eigenvalue weighted by Gasteiger charge is 2.11. The summed E-state index contributed by atoms with van der Waals surface area (Å²) in [6, 6.07) is 0. The summed E-state index contributed by atoms with van der Waals surface area (Å²) >= 11 is 0. The summed E-state index contributed by atoms with van der Waals surface area (Å²) in [7, 11) is 1.99. The summed E-state index contributed by atoms with van der Waals surface area (Å²) in [5.41, 5.74) is 0. The Morgan fingerprint density at radius 3 is 1.89 bits per heavy atom. The van der Waals surface area contributed by atoms with E-state index in [4.69, 9.17) is 5.84 Å². The Balaban J connectivity index is 0.000000291. The molecule has 0 bridgehead atoms. The van der Waals surface area contributed by atoms with Crippen LogP contribution in [0.25, 0.3) is 0 Å². The van der Waals surface area contributed by atoms with E-state index in [1.807, 2.05) is 25.9 Å². The Bertz CT molecular complexity index is 57.3. The van der Waals surface area contributed by atoms with E-state index in [1.54, 1.807) is 5.12 Å². The molecule has 0 unspecified atom stereocenters. The SMILES string of the molecule is CC.CN1CCCN1N. The highest BCUT2D eigenvalue weighted by molar-refractivity contribution is 4.56. The predicted octanol–water partition coefficient (Wildman–Crippen LogP) is 0.439. The van der Waals surface area contributed by atoms with Crippen molar-refractivity contribution < 1.29 is 0 Å². The quantitative estimate of drug-likeness (QED) is 0.484. The highest BCUT2D eigenvalue weighted by Crippen LogP contribution is 1.99. The fraction of sp³-hybridized carbons (Fsp3) is 1.00.